The molecular weight excluding hydrogens is 238 g/mol. The second kappa shape index (κ2) is 8.62. The van der Waals surface area contributed by atoms with E-state index in [9.17, 15) is 4.79 Å². The smallest absolute Gasteiger partial charge is 0.243 e. The molecule has 0 heterocycles. The van der Waals surface area contributed by atoms with E-state index < -0.39 is 0 Å². The van der Waals surface area contributed by atoms with Gasteiger partial charge in [0, 0.05) is 11.4 Å². The Labute approximate surface area is 117 Å². The van der Waals surface area contributed by atoms with Crippen LogP contribution in [0.3, 0.4) is 0 Å². The van der Waals surface area contributed by atoms with Crippen LogP contribution in [0, 0.1) is 11.8 Å². The van der Waals surface area contributed by atoms with E-state index >= 15 is 0 Å². The van der Waals surface area contributed by atoms with Gasteiger partial charge in [0.1, 0.15) is 6.04 Å². The van der Waals surface area contributed by atoms with Gasteiger partial charge in [0.2, 0.25) is 5.91 Å². The van der Waals surface area contributed by atoms with E-state index in [1.807, 2.05) is 40.7 Å². The number of hydrogen-bond donors (Lipinski definition) is 3. The largest absolute Gasteiger partial charge is 0.401 e. The molecule has 1 unspecified atom stereocenters. The molecule has 110 valence electrons. The summed E-state index contributed by atoms with van der Waals surface area (Å²) in [7, 11) is 0. The van der Waals surface area contributed by atoms with E-state index in [0.717, 1.165) is 12.1 Å². The molecule has 4 nitrogen and oxygen atoms in total. The second-order valence-corrected chi connectivity index (χ2v) is 5.45. The number of carbonyl (C=O) groups is 1. The Morgan fingerprint density at radius 2 is 1.89 bits per heavy atom. The van der Waals surface area contributed by atoms with Crippen LogP contribution in [0.4, 0.5) is 0 Å². The average Bonchev–Trinajstić information content (AvgIpc) is 2.32. The van der Waals surface area contributed by atoms with E-state index in [1.54, 1.807) is 0 Å². The van der Waals surface area contributed by atoms with Crippen LogP contribution in [0.1, 0.15) is 41.0 Å². The van der Waals surface area contributed by atoms with Crippen molar-refractivity contribution in [3.63, 3.8) is 0 Å². The zero-order chi connectivity index (χ0) is 15.0. The van der Waals surface area contributed by atoms with Crippen LogP contribution in [-0.2, 0) is 4.79 Å². The van der Waals surface area contributed by atoms with Gasteiger partial charge < -0.3 is 16.4 Å². The number of rotatable bonds is 8. The highest BCUT2D eigenvalue weighted by atomic mass is 16.2. The number of amides is 1. The van der Waals surface area contributed by atoms with E-state index in [-0.39, 0.29) is 17.9 Å². The molecule has 0 radical (unpaired) electrons. The van der Waals surface area contributed by atoms with Gasteiger partial charge in [-0.15, -0.1) is 0 Å². The molecule has 4 N–H and O–H groups in total. The zero-order valence-corrected chi connectivity index (χ0v) is 12.9. The molecule has 0 saturated carbocycles. The van der Waals surface area contributed by atoms with Gasteiger partial charge in [-0.3, -0.25) is 4.79 Å². The normalized spacial score (nSPS) is 13.5. The summed E-state index contributed by atoms with van der Waals surface area (Å²) in [5.41, 5.74) is 7.34. The Balaban J connectivity index is 4.51. The summed E-state index contributed by atoms with van der Waals surface area (Å²) in [5, 5.41) is 6.06. The molecule has 4 heteroatoms. The van der Waals surface area contributed by atoms with Gasteiger partial charge in [-0.1, -0.05) is 47.3 Å². The van der Waals surface area contributed by atoms with E-state index in [2.05, 4.69) is 17.2 Å². The van der Waals surface area contributed by atoms with Crippen molar-refractivity contribution >= 4 is 5.91 Å². The maximum Gasteiger partial charge on any atom is 0.243 e. The number of carbonyl (C=O) groups excluding carboxylic acids is 1. The Morgan fingerprint density at radius 1 is 1.32 bits per heavy atom. The molecule has 0 saturated heterocycles. The maximum atomic E-state index is 12.2. The van der Waals surface area contributed by atoms with Crippen molar-refractivity contribution in [1.29, 1.82) is 0 Å². The van der Waals surface area contributed by atoms with Crippen molar-refractivity contribution in [2.45, 2.75) is 47.1 Å². The van der Waals surface area contributed by atoms with Gasteiger partial charge in [-0.05, 0) is 18.3 Å². The number of hydrogen-bond acceptors (Lipinski definition) is 3. The van der Waals surface area contributed by atoms with Crippen molar-refractivity contribution in [2.24, 2.45) is 17.6 Å². The molecule has 0 aromatic heterocycles. The summed E-state index contributed by atoms with van der Waals surface area (Å²) >= 11 is 0. The van der Waals surface area contributed by atoms with Gasteiger partial charge >= 0.3 is 0 Å². The molecule has 0 rings (SSSR count). The lowest BCUT2D eigenvalue weighted by Gasteiger charge is -2.25. The monoisotopic (exact) mass is 267 g/mol. The van der Waals surface area contributed by atoms with Crippen LogP contribution >= 0.6 is 0 Å². The third-order valence-electron chi connectivity index (χ3n) is 2.92. The summed E-state index contributed by atoms with van der Waals surface area (Å²) in [4.78, 5) is 12.2. The van der Waals surface area contributed by atoms with Crippen LogP contribution in [0.5, 0.6) is 0 Å². The molecule has 19 heavy (non-hydrogen) atoms. The maximum absolute atomic E-state index is 12.2. The van der Waals surface area contributed by atoms with Crippen molar-refractivity contribution in [1.82, 2.24) is 10.6 Å². The predicted octanol–water partition coefficient (Wildman–Crippen LogP) is 2.14. The van der Waals surface area contributed by atoms with Gasteiger partial charge in [-0.25, -0.2) is 0 Å². The lowest BCUT2D eigenvalue weighted by atomic mass is 10.0. The summed E-state index contributed by atoms with van der Waals surface area (Å²) < 4.78 is 0. The van der Waals surface area contributed by atoms with Crippen LogP contribution in [0.25, 0.3) is 0 Å². The first-order valence-electron chi connectivity index (χ1n) is 6.97. The first kappa shape index (κ1) is 17.6. The Morgan fingerprint density at radius 3 is 2.32 bits per heavy atom. The topological polar surface area (TPSA) is 67.2 Å². The molecule has 0 aliphatic heterocycles. The fourth-order valence-corrected chi connectivity index (χ4v) is 1.53. The van der Waals surface area contributed by atoms with Gasteiger partial charge in [-0.2, -0.15) is 0 Å². The van der Waals surface area contributed by atoms with Crippen LogP contribution in [0.2, 0.25) is 0 Å². The lowest BCUT2D eigenvalue weighted by molar-refractivity contribution is -0.123. The molecule has 0 bridgehead atoms. The highest BCUT2D eigenvalue weighted by molar-refractivity contribution is 5.82. The third-order valence-corrected chi connectivity index (χ3v) is 2.92. The highest BCUT2D eigenvalue weighted by Gasteiger charge is 2.22. The Bertz CT molecular complexity index is 332. The fraction of sp³-hybridized carbons (Fsp3) is 0.667. The Hall–Kier alpha value is -1.45. The molecule has 1 amide bonds. The first-order valence-corrected chi connectivity index (χ1v) is 6.97. The number of nitrogens with one attached hydrogen (secondary N) is 2. The standard InChI is InChI=1S/C15H29N3O/c1-7-8-13(16)9-17-15(19)14(11(4)5)18-12(6)10(2)3/h8,10-11,14,18H,6-7,9,16H2,1-5H3,(H,17,19). The van der Waals surface area contributed by atoms with Crippen molar-refractivity contribution in [3.05, 3.63) is 24.0 Å². The third kappa shape index (κ3) is 6.89. The van der Waals surface area contributed by atoms with Crippen molar-refractivity contribution in [2.75, 3.05) is 6.54 Å². The summed E-state index contributed by atoms with van der Waals surface area (Å²) in [6.07, 6.45) is 2.78. The molecule has 0 aromatic carbocycles. The van der Waals surface area contributed by atoms with Crippen LogP contribution in [-0.4, -0.2) is 18.5 Å². The fourth-order valence-electron chi connectivity index (χ4n) is 1.53. The molecule has 0 aromatic rings. The lowest BCUT2D eigenvalue weighted by Crippen LogP contribution is -2.48. The molecule has 0 fully saturated rings. The summed E-state index contributed by atoms with van der Waals surface area (Å²) in [5.74, 6) is 0.454. The van der Waals surface area contributed by atoms with E-state index in [1.165, 1.54) is 0 Å². The van der Waals surface area contributed by atoms with Crippen molar-refractivity contribution < 1.29 is 4.79 Å². The molecule has 0 spiro atoms. The van der Waals surface area contributed by atoms with Crippen LogP contribution < -0.4 is 16.4 Å². The molecule has 0 aliphatic carbocycles. The number of allylic oxidation sites excluding steroid dienone is 2. The number of nitrogens with two attached hydrogens (primary N) is 1. The minimum Gasteiger partial charge on any atom is -0.401 e. The summed E-state index contributed by atoms with van der Waals surface area (Å²) in [6, 6.07) is -0.274. The van der Waals surface area contributed by atoms with Gasteiger partial charge in [0.15, 0.2) is 0 Å². The predicted molar refractivity (Wildman–Crippen MR) is 81.3 cm³/mol. The zero-order valence-electron chi connectivity index (χ0n) is 12.9. The average molecular weight is 267 g/mol. The molecule has 1 atom stereocenters. The minimum atomic E-state index is -0.274. The molecular formula is C15H29N3O. The highest BCUT2D eigenvalue weighted by Crippen LogP contribution is 2.09. The molecule has 0 aliphatic rings. The van der Waals surface area contributed by atoms with Crippen molar-refractivity contribution in [3.8, 4) is 0 Å². The van der Waals surface area contributed by atoms with E-state index in [4.69, 9.17) is 5.73 Å². The van der Waals surface area contributed by atoms with Gasteiger partial charge in [0.05, 0.1) is 6.54 Å². The quantitative estimate of drug-likeness (QED) is 0.631. The van der Waals surface area contributed by atoms with Crippen LogP contribution in [0.15, 0.2) is 24.0 Å². The first-order chi connectivity index (χ1) is 8.79. The second-order valence-electron chi connectivity index (χ2n) is 5.45. The Kier molecular flexibility index (Phi) is 7.96. The van der Waals surface area contributed by atoms with E-state index in [0.29, 0.717) is 18.2 Å². The summed E-state index contributed by atoms with van der Waals surface area (Å²) in [6.45, 7) is 14.5. The SMILES string of the molecule is C=C(NC(C(=O)NCC(N)=CCC)C(C)C)C(C)C. The minimum absolute atomic E-state index is 0.0377. The van der Waals surface area contributed by atoms with Gasteiger partial charge in [0.25, 0.3) is 0 Å².